The number of hydrogen-bond donors (Lipinski definition) is 2. The number of carbonyl (C=O) groups is 1. The number of anilines is 1. The molecule has 2 N–H and O–H groups in total. The summed E-state index contributed by atoms with van der Waals surface area (Å²) in [5.41, 5.74) is -0.341. The molecule has 1 atom stereocenters. The van der Waals surface area contributed by atoms with Crippen LogP contribution in [0.4, 0.5) is 5.82 Å². The molecule has 120 valence electrons. The van der Waals surface area contributed by atoms with Gasteiger partial charge in [-0.1, -0.05) is 19.3 Å². The molecule has 1 aromatic rings. The van der Waals surface area contributed by atoms with E-state index in [9.17, 15) is 9.59 Å². The fourth-order valence-electron chi connectivity index (χ4n) is 3.71. The molecule has 6 heteroatoms. The van der Waals surface area contributed by atoms with Gasteiger partial charge in [0.05, 0.1) is 0 Å². The Balaban J connectivity index is 1.80. The van der Waals surface area contributed by atoms with E-state index < -0.39 is 5.97 Å². The van der Waals surface area contributed by atoms with Gasteiger partial charge < -0.3 is 10.4 Å². The maximum atomic E-state index is 12.4. The first-order valence-electron chi connectivity index (χ1n) is 8.19. The lowest BCUT2D eigenvalue weighted by molar-refractivity contribution is -0.137. The molecule has 0 radical (unpaired) electrons. The first-order valence-corrected chi connectivity index (χ1v) is 8.19. The van der Waals surface area contributed by atoms with Gasteiger partial charge in [0.2, 0.25) is 0 Å². The molecule has 0 aliphatic heterocycles. The van der Waals surface area contributed by atoms with Gasteiger partial charge in [-0.05, 0) is 37.5 Å². The molecule has 2 aliphatic carbocycles. The van der Waals surface area contributed by atoms with Crippen LogP contribution < -0.4 is 10.9 Å². The highest BCUT2D eigenvalue weighted by Gasteiger charge is 2.35. The molecule has 0 bridgehead atoms. The van der Waals surface area contributed by atoms with Crippen LogP contribution in [0.15, 0.2) is 17.2 Å². The zero-order valence-corrected chi connectivity index (χ0v) is 12.7. The van der Waals surface area contributed by atoms with Gasteiger partial charge in [0.25, 0.3) is 5.56 Å². The Labute approximate surface area is 129 Å². The molecule has 3 rings (SSSR count). The number of carboxylic acids is 1. The summed E-state index contributed by atoms with van der Waals surface area (Å²) >= 11 is 0. The molecule has 6 nitrogen and oxygen atoms in total. The lowest BCUT2D eigenvalue weighted by Crippen LogP contribution is -2.41. The van der Waals surface area contributed by atoms with E-state index in [4.69, 9.17) is 5.11 Å². The molecular formula is C16H23N3O3. The molecule has 1 aromatic heterocycles. The van der Waals surface area contributed by atoms with Crippen LogP contribution in [0.25, 0.3) is 0 Å². The summed E-state index contributed by atoms with van der Waals surface area (Å²) in [5.74, 6) is 0.509. The van der Waals surface area contributed by atoms with Crippen molar-refractivity contribution in [1.29, 1.82) is 0 Å². The summed E-state index contributed by atoms with van der Waals surface area (Å²) in [7, 11) is 0. The van der Waals surface area contributed by atoms with Crippen molar-refractivity contribution in [3.8, 4) is 0 Å². The third-order valence-corrected chi connectivity index (χ3v) is 5.09. The second kappa shape index (κ2) is 6.50. The molecule has 2 fully saturated rings. The third-order valence-electron chi connectivity index (χ3n) is 5.09. The molecule has 2 aliphatic rings. The van der Waals surface area contributed by atoms with Gasteiger partial charge >= 0.3 is 5.97 Å². The standard InChI is InChI=1S/C16H23N3O3/c20-13(21)10-19-9-8-17-15(16(19)22)18-14(12-6-3-7-12)11-4-1-2-5-11/h8-9,11-12,14H,1-7,10H2,(H,17,18)(H,20,21). The van der Waals surface area contributed by atoms with E-state index in [0.717, 1.165) is 0 Å². The average molecular weight is 305 g/mol. The molecule has 0 amide bonds. The first kappa shape index (κ1) is 15.1. The number of hydrogen-bond acceptors (Lipinski definition) is 4. The van der Waals surface area contributed by atoms with Crippen molar-refractivity contribution >= 4 is 11.8 Å². The van der Waals surface area contributed by atoms with E-state index in [1.807, 2.05) is 0 Å². The van der Waals surface area contributed by atoms with Crippen LogP contribution >= 0.6 is 0 Å². The molecule has 1 unspecified atom stereocenters. The summed E-state index contributed by atoms with van der Waals surface area (Å²) in [6.07, 6.45) is 11.6. The monoisotopic (exact) mass is 305 g/mol. The molecule has 0 aromatic carbocycles. The number of rotatable bonds is 6. The van der Waals surface area contributed by atoms with Gasteiger partial charge in [0.1, 0.15) is 6.54 Å². The molecular weight excluding hydrogens is 282 g/mol. The van der Waals surface area contributed by atoms with Crippen LogP contribution in [0.5, 0.6) is 0 Å². The molecule has 22 heavy (non-hydrogen) atoms. The van der Waals surface area contributed by atoms with Gasteiger partial charge in [-0.2, -0.15) is 0 Å². The fourth-order valence-corrected chi connectivity index (χ4v) is 3.71. The van der Waals surface area contributed by atoms with Crippen molar-refractivity contribution in [3.05, 3.63) is 22.7 Å². The van der Waals surface area contributed by atoms with E-state index >= 15 is 0 Å². The average Bonchev–Trinajstić information content (AvgIpc) is 2.93. The number of aliphatic carboxylic acids is 1. The van der Waals surface area contributed by atoms with Crippen LogP contribution in [0.1, 0.15) is 44.9 Å². The first-order chi connectivity index (χ1) is 10.6. The highest BCUT2D eigenvalue weighted by molar-refractivity contribution is 5.66. The summed E-state index contributed by atoms with van der Waals surface area (Å²) in [5, 5.41) is 12.2. The Bertz CT molecular complexity index is 589. The second-order valence-corrected chi connectivity index (χ2v) is 6.51. The Morgan fingerprint density at radius 2 is 1.91 bits per heavy atom. The zero-order chi connectivity index (χ0) is 15.5. The highest BCUT2D eigenvalue weighted by Crippen LogP contribution is 2.39. The predicted octanol–water partition coefficient (Wildman–Crippen LogP) is 2.10. The quantitative estimate of drug-likeness (QED) is 0.841. The Morgan fingerprint density at radius 3 is 2.45 bits per heavy atom. The number of carboxylic acid groups (broad SMARTS) is 1. The SMILES string of the molecule is O=C(O)Cn1ccnc(NC(C2CCCC2)C2CCC2)c1=O. The van der Waals surface area contributed by atoms with Crippen molar-refractivity contribution in [2.45, 2.75) is 57.5 Å². The van der Waals surface area contributed by atoms with Crippen molar-refractivity contribution < 1.29 is 9.90 Å². The van der Waals surface area contributed by atoms with Crippen molar-refractivity contribution in [3.63, 3.8) is 0 Å². The Morgan fingerprint density at radius 1 is 1.27 bits per heavy atom. The maximum Gasteiger partial charge on any atom is 0.323 e. The summed E-state index contributed by atoms with van der Waals surface area (Å²) < 4.78 is 1.20. The van der Waals surface area contributed by atoms with Gasteiger partial charge in [0.15, 0.2) is 5.82 Å². The van der Waals surface area contributed by atoms with Crippen LogP contribution in [-0.4, -0.2) is 26.7 Å². The lowest BCUT2D eigenvalue weighted by atomic mass is 9.74. The van der Waals surface area contributed by atoms with Gasteiger partial charge in [-0.25, -0.2) is 4.98 Å². The van der Waals surface area contributed by atoms with Crippen LogP contribution in [0.3, 0.4) is 0 Å². The zero-order valence-electron chi connectivity index (χ0n) is 12.7. The second-order valence-electron chi connectivity index (χ2n) is 6.51. The van der Waals surface area contributed by atoms with E-state index in [1.54, 1.807) is 0 Å². The minimum absolute atomic E-state index is 0.299. The maximum absolute atomic E-state index is 12.4. The minimum atomic E-state index is -1.02. The number of aromatic nitrogens is 2. The van der Waals surface area contributed by atoms with Crippen molar-refractivity contribution in [2.24, 2.45) is 11.8 Å². The van der Waals surface area contributed by atoms with Crippen LogP contribution in [0, 0.1) is 11.8 Å². The topological polar surface area (TPSA) is 84.2 Å². The molecule has 2 saturated carbocycles. The largest absolute Gasteiger partial charge is 0.480 e. The lowest BCUT2D eigenvalue weighted by Gasteiger charge is -2.38. The molecule has 0 spiro atoms. The van der Waals surface area contributed by atoms with Gasteiger partial charge in [-0.3, -0.25) is 14.2 Å². The normalized spacial score (nSPS) is 20.5. The number of nitrogens with zero attached hydrogens (tertiary/aromatic N) is 2. The van der Waals surface area contributed by atoms with Crippen LogP contribution in [0.2, 0.25) is 0 Å². The number of nitrogens with one attached hydrogen (secondary N) is 1. The predicted molar refractivity (Wildman–Crippen MR) is 82.8 cm³/mol. The summed E-state index contributed by atoms with van der Waals surface area (Å²) in [4.78, 5) is 27.3. The van der Waals surface area contributed by atoms with Gasteiger partial charge in [-0.15, -0.1) is 0 Å². The summed E-state index contributed by atoms with van der Waals surface area (Å²) in [6.45, 7) is -0.326. The highest BCUT2D eigenvalue weighted by atomic mass is 16.4. The fraction of sp³-hybridized carbons (Fsp3) is 0.688. The van der Waals surface area contributed by atoms with Crippen molar-refractivity contribution in [1.82, 2.24) is 9.55 Å². The smallest absolute Gasteiger partial charge is 0.323 e. The molecule has 1 heterocycles. The Kier molecular flexibility index (Phi) is 4.45. The third kappa shape index (κ3) is 3.15. The minimum Gasteiger partial charge on any atom is -0.480 e. The Hall–Kier alpha value is -1.85. The van der Waals surface area contributed by atoms with E-state index in [2.05, 4.69) is 10.3 Å². The molecule has 0 saturated heterocycles. The van der Waals surface area contributed by atoms with Gasteiger partial charge in [0, 0.05) is 18.4 Å². The van der Waals surface area contributed by atoms with Crippen molar-refractivity contribution in [2.75, 3.05) is 5.32 Å². The van der Waals surface area contributed by atoms with Crippen LogP contribution in [-0.2, 0) is 11.3 Å². The summed E-state index contributed by atoms with van der Waals surface area (Å²) in [6, 6.07) is 0.303. The van der Waals surface area contributed by atoms with E-state index in [1.165, 1.54) is 61.9 Å². The van der Waals surface area contributed by atoms with E-state index in [-0.39, 0.29) is 12.1 Å². The van der Waals surface area contributed by atoms with E-state index in [0.29, 0.717) is 23.7 Å².